The van der Waals surface area contributed by atoms with Gasteiger partial charge in [-0.3, -0.25) is 0 Å². The van der Waals surface area contributed by atoms with Crippen molar-refractivity contribution < 1.29 is 0 Å². The fourth-order valence-electron chi connectivity index (χ4n) is 1.36. The molecular formula is C11H15N5. The second-order valence-electron chi connectivity index (χ2n) is 3.63. The van der Waals surface area contributed by atoms with Gasteiger partial charge in [0.15, 0.2) is 5.82 Å². The van der Waals surface area contributed by atoms with E-state index < -0.39 is 0 Å². The van der Waals surface area contributed by atoms with Crippen LogP contribution in [0.1, 0.15) is 18.2 Å². The normalized spacial score (nSPS) is 10.6. The van der Waals surface area contributed by atoms with Gasteiger partial charge in [-0.25, -0.2) is 4.68 Å². The van der Waals surface area contributed by atoms with Crippen LogP contribution in [-0.4, -0.2) is 26.5 Å². The topological polar surface area (TPSA) is 55.6 Å². The van der Waals surface area contributed by atoms with Gasteiger partial charge in [0.2, 0.25) is 0 Å². The minimum atomic E-state index is 0.744. The van der Waals surface area contributed by atoms with Gasteiger partial charge in [-0.1, -0.05) is 6.92 Å². The van der Waals surface area contributed by atoms with Crippen molar-refractivity contribution in [3.05, 3.63) is 35.8 Å². The minimum Gasteiger partial charge on any atom is -0.311 e. The van der Waals surface area contributed by atoms with Gasteiger partial charge in [-0.15, -0.1) is 5.10 Å². The van der Waals surface area contributed by atoms with E-state index in [0.717, 1.165) is 30.2 Å². The van der Waals surface area contributed by atoms with Gasteiger partial charge < -0.3 is 5.32 Å². The van der Waals surface area contributed by atoms with E-state index in [-0.39, 0.29) is 0 Å². The summed E-state index contributed by atoms with van der Waals surface area (Å²) < 4.78 is 1.72. The monoisotopic (exact) mass is 217 g/mol. The largest absolute Gasteiger partial charge is 0.311 e. The smallest absolute Gasteiger partial charge is 0.175 e. The van der Waals surface area contributed by atoms with E-state index in [9.17, 15) is 0 Å². The fourth-order valence-corrected chi connectivity index (χ4v) is 1.36. The Kier molecular flexibility index (Phi) is 3.26. The summed E-state index contributed by atoms with van der Waals surface area (Å²) in [6.07, 6.45) is 3.72. The molecule has 0 unspecified atom stereocenters. The van der Waals surface area contributed by atoms with Gasteiger partial charge >= 0.3 is 0 Å². The van der Waals surface area contributed by atoms with Crippen molar-refractivity contribution in [3.63, 3.8) is 0 Å². The zero-order chi connectivity index (χ0) is 11.4. The molecule has 0 aliphatic carbocycles. The molecule has 5 nitrogen and oxygen atoms in total. The zero-order valence-electron chi connectivity index (χ0n) is 9.51. The molecule has 2 heterocycles. The molecule has 2 rings (SSSR count). The fraction of sp³-hybridized carbons (Fsp3) is 0.364. The van der Waals surface area contributed by atoms with Crippen LogP contribution in [0.25, 0.3) is 5.82 Å². The average Bonchev–Trinajstić information content (AvgIpc) is 2.74. The van der Waals surface area contributed by atoms with E-state index in [1.807, 2.05) is 25.3 Å². The van der Waals surface area contributed by atoms with E-state index in [4.69, 9.17) is 0 Å². The average molecular weight is 217 g/mol. The van der Waals surface area contributed by atoms with Crippen LogP contribution in [0.4, 0.5) is 0 Å². The highest BCUT2D eigenvalue weighted by Crippen LogP contribution is 2.04. The molecule has 16 heavy (non-hydrogen) atoms. The van der Waals surface area contributed by atoms with Gasteiger partial charge in [0, 0.05) is 12.7 Å². The highest BCUT2D eigenvalue weighted by Gasteiger charge is 2.00. The Hall–Kier alpha value is -1.75. The van der Waals surface area contributed by atoms with Crippen molar-refractivity contribution in [2.45, 2.75) is 20.4 Å². The Morgan fingerprint density at radius 1 is 1.31 bits per heavy atom. The summed E-state index contributed by atoms with van der Waals surface area (Å²) in [5, 5.41) is 15.6. The third kappa shape index (κ3) is 2.43. The maximum absolute atomic E-state index is 4.18. The van der Waals surface area contributed by atoms with E-state index in [0.29, 0.717) is 0 Å². The molecule has 0 aromatic carbocycles. The number of rotatable bonds is 4. The number of nitrogens with zero attached hydrogens (tertiary/aromatic N) is 4. The maximum Gasteiger partial charge on any atom is 0.175 e. The molecule has 0 aliphatic rings. The van der Waals surface area contributed by atoms with Gasteiger partial charge in [-0.05, 0) is 31.2 Å². The molecule has 0 aliphatic heterocycles. The van der Waals surface area contributed by atoms with Crippen LogP contribution >= 0.6 is 0 Å². The van der Waals surface area contributed by atoms with Crippen LogP contribution in [0.2, 0.25) is 0 Å². The molecular weight excluding hydrogens is 202 g/mol. The van der Waals surface area contributed by atoms with E-state index in [2.05, 4.69) is 27.5 Å². The van der Waals surface area contributed by atoms with E-state index >= 15 is 0 Å². The zero-order valence-corrected chi connectivity index (χ0v) is 9.51. The number of hydrogen-bond acceptors (Lipinski definition) is 4. The van der Waals surface area contributed by atoms with Crippen LogP contribution in [0.5, 0.6) is 0 Å². The quantitative estimate of drug-likeness (QED) is 0.832. The Morgan fingerprint density at radius 3 is 2.75 bits per heavy atom. The van der Waals surface area contributed by atoms with Gasteiger partial charge in [0.05, 0.1) is 11.9 Å². The molecule has 2 aromatic heterocycles. The first-order valence-corrected chi connectivity index (χ1v) is 5.34. The summed E-state index contributed by atoms with van der Waals surface area (Å²) in [4.78, 5) is 0. The Balaban J connectivity index is 2.13. The molecule has 84 valence electrons. The van der Waals surface area contributed by atoms with Crippen molar-refractivity contribution in [2.24, 2.45) is 0 Å². The summed E-state index contributed by atoms with van der Waals surface area (Å²) >= 11 is 0. The second-order valence-corrected chi connectivity index (χ2v) is 3.63. The second kappa shape index (κ2) is 4.85. The molecule has 0 bridgehead atoms. The predicted molar refractivity (Wildman–Crippen MR) is 61.3 cm³/mol. The molecule has 0 amide bonds. The third-order valence-electron chi connectivity index (χ3n) is 2.21. The third-order valence-corrected chi connectivity index (χ3v) is 2.21. The minimum absolute atomic E-state index is 0.744. The molecule has 0 spiro atoms. The highest BCUT2D eigenvalue weighted by molar-refractivity contribution is 5.21. The maximum atomic E-state index is 4.18. The number of nitrogens with one attached hydrogen (secondary N) is 1. The summed E-state index contributed by atoms with van der Waals surface area (Å²) in [5.41, 5.74) is 2.05. The van der Waals surface area contributed by atoms with Gasteiger partial charge in [0.1, 0.15) is 0 Å². The number of hydrogen-bond donors (Lipinski definition) is 1. The van der Waals surface area contributed by atoms with Gasteiger partial charge in [0.25, 0.3) is 0 Å². The molecule has 5 heteroatoms. The molecule has 0 fully saturated rings. The predicted octanol–water partition coefficient (Wildman–Crippen LogP) is 1.08. The lowest BCUT2D eigenvalue weighted by Crippen LogP contribution is -2.13. The molecule has 0 saturated heterocycles. The van der Waals surface area contributed by atoms with Crippen LogP contribution in [0, 0.1) is 6.92 Å². The van der Waals surface area contributed by atoms with Crippen molar-refractivity contribution in [1.29, 1.82) is 0 Å². The molecule has 1 N–H and O–H groups in total. The van der Waals surface area contributed by atoms with Crippen molar-refractivity contribution in [2.75, 3.05) is 6.54 Å². The summed E-state index contributed by atoms with van der Waals surface area (Å²) in [7, 11) is 0. The first-order valence-electron chi connectivity index (χ1n) is 5.34. The Morgan fingerprint density at radius 2 is 2.19 bits per heavy atom. The lowest BCUT2D eigenvalue weighted by Gasteiger charge is -2.02. The van der Waals surface area contributed by atoms with Crippen molar-refractivity contribution in [3.8, 4) is 5.82 Å². The first kappa shape index (κ1) is 10.8. The summed E-state index contributed by atoms with van der Waals surface area (Å²) in [6, 6.07) is 3.88. The van der Waals surface area contributed by atoms with Crippen LogP contribution in [-0.2, 0) is 6.54 Å². The van der Waals surface area contributed by atoms with Crippen LogP contribution < -0.4 is 5.32 Å². The summed E-state index contributed by atoms with van der Waals surface area (Å²) in [6.45, 7) is 5.74. The molecule has 2 aromatic rings. The Labute approximate surface area is 94.5 Å². The number of aryl methyl sites for hydroxylation is 1. The Bertz CT molecular complexity index is 446. The molecule has 0 saturated carbocycles. The van der Waals surface area contributed by atoms with Crippen molar-refractivity contribution in [1.82, 2.24) is 25.3 Å². The highest BCUT2D eigenvalue weighted by atomic mass is 15.3. The van der Waals surface area contributed by atoms with Crippen molar-refractivity contribution >= 4 is 0 Å². The van der Waals surface area contributed by atoms with E-state index in [1.54, 1.807) is 10.9 Å². The van der Waals surface area contributed by atoms with Crippen LogP contribution in [0.15, 0.2) is 24.5 Å². The lowest BCUT2D eigenvalue weighted by atomic mass is 10.4. The molecule has 0 radical (unpaired) electrons. The SMILES string of the molecule is CCNCc1ccc(-n2cc(C)cn2)nn1. The van der Waals surface area contributed by atoms with E-state index in [1.165, 1.54) is 0 Å². The standard InChI is InChI=1S/C11H15N5/c1-3-12-7-10-4-5-11(15-14-10)16-8-9(2)6-13-16/h4-6,8,12H,3,7H2,1-2H3. The number of aromatic nitrogens is 4. The lowest BCUT2D eigenvalue weighted by molar-refractivity contribution is 0.692. The molecule has 0 atom stereocenters. The van der Waals surface area contributed by atoms with Gasteiger partial charge in [-0.2, -0.15) is 10.2 Å². The van der Waals surface area contributed by atoms with Crippen LogP contribution in [0.3, 0.4) is 0 Å². The summed E-state index contributed by atoms with van der Waals surface area (Å²) in [5.74, 6) is 0.744. The first-order chi connectivity index (χ1) is 7.79.